The van der Waals surface area contributed by atoms with Gasteiger partial charge >= 0.3 is 0 Å². The summed E-state index contributed by atoms with van der Waals surface area (Å²) < 4.78 is 25.3. The predicted molar refractivity (Wildman–Crippen MR) is 108 cm³/mol. The van der Waals surface area contributed by atoms with Gasteiger partial charge in [-0.25, -0.2) is 12.7 Å². The van der Waals surface area contributed by atoms with Gasteiger partial charge in [0, 0.05) is 33.7 Å². The molecular formula is C16H25IN4O2S. The van der Waals surface area contributed by atoms with Gasteiger partial charge in [0.1, 0.15) is 0 Å². The Bertz CT molecular complexity index is 677. The standard InChI is InChI=1S/C16H24N4O2S.HI/c1-17-16(19-14-6-4-5-7-14)18-12-13-8-10-15(11-9-13)23(21,22)20(2)3;/h4-5,8-11,14H,6-7,12H2,1-3H3,(H2,17,18,19);1H. The summed E-state index contributed by atoms with van der Waals surface area (Å²) in [5, 5.41) is 6.61. The zero-order valence-electron chi connectivity index (χ0n) is 14.2. The SMILES string of the molecule is CN=C(NCc1ccc(S(=O)(=O)N(C)C)cc1)NC1CC=CC1.I. The molecule has 0 aliphatic heterocycles. The van der Waals surface area contributed by atoms with Crippen LogP contribution in [0.5, 0.6) is 0 Å². The van der Waals surface area contributed by atoms with Gasteiger partial charge in [-0.05, 0) is 30.5 Å². The molecule has 0 atom stereocenters. The molecule has 0 aromatic heterocycles. The fourth-order valence-electron chi connectivity index (χ4n) is 2.30. The Morgan fingerprint density at radius 2 is 1.79 bits per heavy atom. The highest BCUT2D eigenvalue weighted by Crippen LogP contribution is 2.14. The molecule has 0 heterocycles. The van der Waals surface area contributed by atoms with E-state index in [0.29, 0.717) is 17.5 Å². The molecule has 0 bridgehead atoms. The molecule has 1 aromatic carbocycles. The minimum atomic E-state index is -3.38. The topological polar surface area (TPSA) is 73.8 Å². The zero-order chi connectivity index (χ0) is 16.9. The van der Waals surface area contributed by atoms with Gasteiger partial charge in [0.15, 0.2) is 5.96 Å². The van der Waals surface area contributed by atoms with E-state index in [0.717, 1.165) is 24.4 Å². The molecule has 134 valence electrons. The van der Waals surface area contributed by atoms with Crippen molar-refractivity contribution in [3.63, 3.8) is 0 Å². The molecule has 1 aromatic rings. The van der Waals surface area contributed by atoms with Crippen molar-refractivity contribution in [2.45, 2.75) is 30.3 Å². The lowest BCUT2D eigenvalue weighted by molar-refractivity contribution is 0.520. The lowest BCUT2D eigenvalue weighted by Crippen LogP contribution is -2.42. The van der Waals surface area contributed by atoms with Crippen LogP contribution in [0.25, 0.3) is 0 Å². The fraction of sp³-hybridized carbons (Fsp3) is 0.438. The molecule has 1 aliphatic rings. The van der Waals surface area contributed by atoms with Crippen molar-refractivity contribution in [1.29, 1.82) is 0 Å². The average Bonchev–Trinajstić information content (AvgIpc) is 3.04. The van der Waals surface area contributed by atoms with Gasteiger partial charge in [0.2, 0.25) is 10.0 Å². The summed E-state index contributed by atoms with van der Waals surface area (Å²) >= 11 is 0. The molecular weight excluding hydrogens is 439 g/mol. The van der Waals surface area contributed by atoms with Crippen molar-refractivity contribution in [3.05, 3.63) is 42.0 Å². The van der Waals surface area contributed by atoms with Gasteiger partial charge < -0.3 is 10.6 Å². The predicted octanol–water partition coefficient (Wildman–Crippen LogP) is 1.94. The van der Waals surface area contributed by atoms with E-state index < -0.39 is 10.0 Å². The Kier molecular flexibility index (Phi) is 8.17. The highest BCUT2D eigenvalue weighted by molar-refractivity contribution is 14.0. The van der Waals surface area contributed by atoms with Crippen LogP contribution in [0.15, 0.2) is 46.3 Å². The quantitative estimate of drug-likeness (QED) is 0.303. The molecule has 8 heteroatoms. The van der Waals surface area contributed by atoms with Gasteiger partial charge in [0.25, 0.3) is 0 Å². The molecule has 0 fully saturated rings. The number of hydrogen-bond donors (Lipinski definition) is 2. The Labute approximate surface area is 161 Å². The monoisotopic (exact) mass is 464 g/mol. The summed E-state index contributed by atoms with van der Waals surface area (Å²) in [6.45, 7) is 0.585. The fourth-order valence-corrected chi connectivity index (χ4v) is 3.20. The Morgan fingerprint density at radius 3 is 2.29 bits per heavy atom. The van der Waals surface area contributed by atoms with Crippen LogP contribution in [0.1, 0.15) is 18.4 Å². The second kappa shape index (κ2) is 9.38. The number of guanidine groups is 1. The second-order valence-electron chi connectivity index (χ2n) is 5.64. The van der Waals surface area contributed by atoms with E-state index in [2.05, 4.69) is 27.8 Å². The first-order chi connectivity index (χ1) is 10.9. The van der Waals surface area contributed by atoms with Crippen molar-refractivity contribution in [3.8, 4) is 0 Å². The van der Waals surface area contributed by atoms with E-state index in [1.165, 1.54) is 18.4 Å². The summed E-state index contributed by atoms with van der Waals surface area (Å²) in [7, 11) is 1.42. The smallest absolute Gasteiger partial charge is 0.242 e. The first-order valence-electron chi connectivity index (χ1n) is 7.57. The molecule has 0 amide bonds. The summed E-state index contributed by atoms with van der Waals surface area (Å²) in [6.07, 6.45) is 6.35. The van der Waals surface area contributed by atoms with Crippen LogP contribution in [0, 0.1) is 0 Å². The number of aliphatic imine (C=N–C) groups is 1. The van der Waals surface area contributed by atoms with Crippen molar-refractivity contribution in [1.82, 2.24) is 14.9 Å². The first-order valence-corrected chi connectivity index (χ1v) is 9.01. The highest BCUT2D eigenvalue weighted by atomic mass is 127. The maximum Gasteiger partial charge on any atom is 0.242 e. The molecule has 1 aliphatic carbocycles. The van der Waals surface area contributed by atoms with Crippen LogP contribution in [0.3, 0.4) is 0 Å². The maximum absolute atomic E-state index is 12.0. The molecule has 0 saturated carbocycles. The molecule has 2 N–H and O–H groups in total. The van der Waals surface area contributed by atoms with Crippen molar-refractivity contribution in [2.75, 3.05) is 21.1 Å². The van der Waals surface area contributed by atoms with E-state index in [1.54, 1.807) is 19.2 Å². The van der Waals surface area contributed by atoms with Gasteiger partial charge in [0.05, 0.1) is 4.90 Å². The Balaban J connectivity index is 0.00000288. The third kappa shape index (κ3) is 5.45. The van der Waals surface area contributed by atoms with Gasteiger partial charge in [-0.3, -0.25) is 4.99 Å². The average molecular weight is 464 g/mol. The largest absolute Gasteiger partial charge is 0.353 e. The van der Waals surface area contributed by atoms with E-state index in [9.17, 15) is 8.42 Å². The molecule has 2 rings (SSSR count). The maximum atomic E-state index is 12.0. The van der Waals surface area contributed by atoms with Crippen LogP contribution in [-0.2, 0) is 16.6 Å². The summed E-state index contributed by atoms with van der Waals surface area (Å²) in [4.78, 5) is 4.51. The van der Waals surface area contributed by atoms with Crippen molar-refractivity contribution in [2.24, 2.45) is 4.99 Å². The molecule has 0 unspecified atom stereocenters. The molecule has 0 saturated heterocycles. The van der Waals surface area contributed by atoms with Gasteiger partial charge in [-0.2, -0.15) is 0 Å². The third-order valence-corrected chi connectivity index (χ3v) is 5.56. The summed E-state index contributed by atoms with van der Waals surface area (Å²) in [5.74, 6) is 0.753. The number of halogens is 1. The van der Waals surface area contributed by atoms with Crippen LogP contribution in [0.2, 0.25) is 0 Å². The number of nitrogens with one attached hydrogen (secondary N) is 2. The van der Waals surface area contributed by atoms with Crippen LogP contribution < -0.4 is 10.6 Å². The second-order valence-corrected chi connectivity index (χ2v) is 7.79. The third-order valence-electron chi connectivity index (χ3n) is 3.73. The number of benzene rings is 1. The van der Waals surface area contributed by atoms with E-state index in [1.807, 2.05) is 12.1 Å². The van der Waals surface area contributed by atoms with Crippen LogP contribution in [0.4, 0.5) is 0 Å². The first kappa shape index (κ1) is 20.9. The number of sulfonamides is 1. The van der Waals surface area contributed by atoms with Crippen molar-refractivity contribution >= 4 is 40.0 Å². The minimum Gasteiger partial charge on any atom is -0.353 e. The highest BCUT2D eigenvalue weighted by Gasteiger charge is 2.16. The van der Waals surface area contributed by atoms with Crippen LogP contribution >= 0.6 is 24.0 Å². The number of rotatable bonds is 5. The van der Waals surface area contributed by atoms with Gasteiger partial charge in [-0.1, -0.05) is 24.3 Å². The van der Waals surface area contributed by atoms with Crippen LogP contribution in [-0.4, -0.2) is 45.9 Å². The summed E-state index contributed by atoms with van der Waals surface area (Å²) in [6, 6.07) is 7.28. The molecule has 24 heavy (non-hydrogen) atoms. The Hall–Kier alpha value is -1.13. The lowest BCUT2D eigenvalue weighted by Gasteiger charge is -2.17. The summed E-state index contributed by atoms with van der Waals surface area (Å²) in [5.41, 5.74) is 0.996. The minimum absolute atomic E-state index is 0. The molecule has 0 spiro atoms. The van der Waals surface area contributed by atoms with E-state index >= 15 is 0 Å². The van der Waals surface area contributed by atoms with Crippen molar-refractivity contribution < 1.29 is 8.42 Å². The van der Waals surface area contributed by atoms with Gasteiger partial charge in [-0.15, -0.1) is 24.0 Å². The molecule has 0 radical (unpaired) electrons. The lowest BCUT2D eigenvalue weighted by atomic mass is 10.2. The van der Waals surface area contributed by atoms with E-state index in [-0.39, 0.29) is 24.0 Å². The number of hydrogen-bond acceptors (Lipinski definition) is 3. The Morgan fingerprint density at radius 1 is 1.21 bits per heavy atom. The normalized spacial score (nSPS) is 15.4. The zero-order valence-corrected chi connectivity index (χ0v) is 17.3. The van der Waals surface area contributed by atoms with E-state index in [4.69, 9.17) is 0 Å². The number of nitrogens with zero attached hydrogens (tertiary/aromatic N) is 2. The molecule has 6 nitrogen and oxygen atoms in total.